The highest BCUT2D eigenvalue weighted by Crippen LogP contribution is 2.44. The molecule has 222 valence electrons. The highest BCUT2D eigenvalue weighted by molar-refractivity contribution is 7.25. The molecule has 0 aliphatic heterocycles. The summed E-state index contributed by atoms with van der Waals surface area (Å²) in [5.41, 5.74) is 4.30. The fraction of sp³-hybridized carbons (Fsp3) is 0. The van der Waals surface area contributed by atoms with Gasteiger partial charge in [0.05, 0.1) is 16.7 Å². The first-order valence-corrected chi connectivity index (χ1v) is 17.1. The van der Waals surface area contributed by atoms with Crippen molar-refractivity contribution in [2.45, 2.75) is 0 Å². The predicted octanol–water partition coefficient (Wildman–Crippen LogP) is 12.2. The quantitative estimate of drug-likeness (QED) is 0.179. The molecule has 3 heterocycles. The fourth-order valence-corrected chi connectivity index (χ4v) is 8.83. The normalized spacial score (nSPS) is 12.2. The molecule has 8 aromatic carbocycles. The lowest BCUT2D eigenvalue weighted by molar-refractivity contribution is 1.02. The summed E-state index contributed by atoms with van der Waals surface area (Å²) in [6, 6.07) is 54.8. The van der Waals surface area contributed by atoms with Crippen LogP contribution < -0.4 is 0 Å². The van der Waals surface area contributed by atoms with Gasteiger partial charge in [0, 0.05) is 31.8 Å². The first kappa shape index (κ1) is 26.0. The Morgan fingerprint density at radius 1 is 0.417 bits per heavy atom. The van der Waals surface area contributed by atoms with Gasteiger partial charge in [-0.15, -0.1) is 11.3 Å². The second kappa shape index (κ2) is 9.71. The maximum absolute atomic E-state index is 5.61. The van der Waals surface area contributed by atoms with E-state index in [9.17, 15) is 0 Å². The minimum Gasteiger partial charge on any atom is -0.278 e. The Labute approximate surface area is 278 Å². The van der Waals surface area contributed by atoms with Crippen LogP contribution in [0.3, 0.4) is 0 Å². The Morgan fingerprint density at radius 2 is 0.938 bits per heavy atom. The molecule has 11 aromatic rings. The van der Waals surface area contributed by atoms with Crippen LogP contribution in [-0.4, -0.2) is 14.5 Å². The van der Waals surface area contributed by atoms with Gasteiger partial charge in [0.15, 0.2) is 0 Å². The monoisotopic (exact) mass is 627 g/mol. The van der Waals surface area contributed by atoms with E-state index in [0.717, 1.165) is 32.5 Å². The largest absolute Gasteiger partial charge is 0.278 e. The van der Waals surface area contributed by atoms with Crippen molar-refractivity contribution < 1.29 is 0 Å². The summed E-state index contributed by atoms with van der Waals surface area (Å²) in [5, 5.41) is 14.4. The van der Waals surface area contributed by atoms with Gasteiger partial charge in [-0.3, -0.25) is 4.57 Å². The van der Waals surface area contributed by atoms with Crippen LogP contribution in [0.25, 0.3) is 102 Å². The van der Waals surface area contributed by atoms with Gasteiger partial charge < -0.3 is 0 Å². The number of hydrogen-bond donors (Lipinski definition) is 0. The van der Waals surface area contributed by atoms with Gasteiger partial charge in [0.1, 0.15) is 4.83 Å². The molecular weight excluding hydrogens is 603 g/mol. The molecule has 0 atom stereocenters. The summed E-state index contributed by atoms with van der Waals surface area (Å²) in [6.45, 7) is 0. The van der Waals surface area contributed by atoms with Crippen LogP contribution in [0.4, 0.5) is 0 Å². The summed E-state index contributed by atoms with van der Waals surface area (Å²) in [5.74, 6) is 0.687. The molecule has 0 spiro atoms. The molecule has 0 radical (unpaired) electrons. The lowest BCUT2D eigenvalue weighted by atomic mass is 9.94. The number of benzene rings is 8. The molecule has 0 saturated carbocycles. The van der Waals surface area contributed by atoms with Crippen LogP contribution in [0.2, 0.25) is 0 Å². The van der Waals surface area contributed by atoms with Gasteiger partial charge in [-0.05, 0) is 79.5 Å². The number of hydrogen-bond acceptors (Lipinski definition) is 3. The maximum atomic E-state index is 5.61. The molecule has 48 heavy (non-hydrogen) atoms. The third-order valence-corrected chi connectivity index (χ3v) is 11.0. The molecule has 3 aromatic heterocycles. The second-order valence-corrected chi connectivity index (χ2v) is 13.6. The van der Waals surface area contributed by atoms with Crippen LogP contribution in [0.15, 0.2) is 152 Å². The van der Waals surface area contributed by atoms with E-state index >= 15 is 0 Å². The molecule has 4 heteroatoms. The molecule has 0 saturated heterocycles. The lowest BCUT2D eigenvalue weighted by Crippen LogP contribution is -2.03. The smallest absolute Gasteiger partial charge is 0.236 e. The van der Waals surface area contributed by atoms with Crippen molar-refractivity contribution in [3.05, 3.63) is 152 Å². The Balaban J connectivity index is 1.33. The highest BCUT2D eigenvalue weighted by atomic mass is 32.1. The van der Waals surface area contributed by atoms with E-state index in [2.05, 4.69) is 156 Å². The van der Waals surface area contributed by atoms with Gasteiger partial charge in [0.2, 0.25) is 5.95 Å². The Kier molecular flexibility index (Phi) is 5.26. The minimum atomic E-state index is 0.687. The Morgan fingerprint density at radius 3 is 1.60 bits per heavy atom. The third kappa shape index (κ3) is 3.63. The predicted molar refractivity (Wildman–Crippen MR) is 205 cm³/mol. The zero-order chi connectivity index (χ0) is 31.3. The van der Waals surface area contributed by atoms with E-state index in [1.165, 1.54) is 63.9 Å². The number of nitrogens with zero attached hydrogens (tertiary/aromatic N) is 3. The summed E-state index contributed by atoms with van der Waals surface area (Å²) in [6.07, 6.45) is 0. The molecule has 0 unspecified atom stereocenters. The molecule has 0 fully saturated rings. The molecule has 0 bridgehead atoms. The van der Waals surface area contributed by atoms with Crippen molar-refractivity contribution in [3.63, 3.8) is 0 Å². The molecule has 0 amide bonds. The van der Waals surface area contributed by atoms with E-state index in [1.807, 2.05) is 0 Å². The van der Waals surface area contributed by atoms with Crippen molar-refractivity contribution in [1.82, 2.24) is 14.5 Å². The molecule has 11 rings (SSSR count). The molecule has 0 aliphatic carbocycles. The van der Waals surface area contributed by atoms with Crippen LogP contribution in [0.5, 0.6) is 0 Å². The van der Waals surface area contributed by atoms with Gasteiger partial charge in [-0.1, -0.05) is 115 Å². The first-order valence-electron chi connectivity index (χ1n) is 16.2. The number of rotatable bonds is 2. The van der Waals surface area contributed by atoms with Crippen molar-refractivity contribution >= 4 is 96.5 Å². The van der Waals surface area contributed by atoms with Gasteiger partial charge in [0.25, 0.3) is 0 Å². The van der Waals surface area contributed by atoms with E-state index < -0.39 is 0 Å². The van der Waals surface area contributed by atoms with Gasteiger partial charge >= 0.3 is 0 Å². The molecule has 3 nitrogen and oxygen atoms in total. The number of thiophene rings is 1. The fourth-order valence-electron chi connectivity index (χ4n) is 7.76. The van der Waals surface area contributed by atoms with Crippen molar-refractivity contribution in [1.29, 1.82) is 0 Å². The number of aromatic nitrogens is 3. The van der Waals surface area contributed by atoms with E-state index in [1.54, 1.807) is 11.3 Å². The van der Waals surface area contributed by atoms with Crippen molar-refractivity contribution in [2.75, 3.05) is 0 Å². The second-order valence-electron chi connectivity index (χ2n) is 12.6. The standard InChI is InChI=1S/C44H25N3S/c1-3-13-28-24-38-35(21-26(28)11-1)36-22-27-12-2-4-14-29(27)25-39(36)47(38)44-45-42(41-34-19-9-10-20-40(34)48-43(41)46-44)37-23-30-15-5-6-16-31(30)32-17-7-8-18-33(32)37/h1-25H. The van der Waals surface area contributed by atoms with E-state index in [0.29, 0.717) is 5.95 Å². The molecule has 0 N–H and O–H groups in total. The average Bonchev–Trinajstić information content (AvgIpc) is 3.67. The van der Waals surface area contributed by atoms with Crippen LogP contribution in [0, 0.1) is 0 Å². The Bertz CT molecular complexity index is 3040. The first-order chi connectivity index (χ1) is 23.8. The summed E-state index contributed by atoms with van der Waals surface area (Å²) >= 11 is 1.74. The number of fused-ring (bicyclic) bond motifs is 11. The summed E-state index contributed by atoms with van der Waals surface area (Å²) < 4.78 is 3.50. The van der Waals surface area contributed by atoms with Crippen molar-refractivity contribution in [2.24, 2.45) is 0 Å². The van der Waals surface area contributed by atoms with E-state index in [-0.39, 0.29) is 0 Å². The molecular formula is C44H25N3S. The SMILES string of the molecule is c1ccc2cc3c(cc2c1)c1cc2ccccc2cc1n3-c1nc(-c2cc3ccccc3c3ccccc23)c2c(n1)sc1ccccc12. The summed E-state index contributed by atoms with van der Waals surface area (Å²) in [7, 11) is 0. The van der Waals surface area contributed by atoms with Crippen molar-refractivity contribution in [3.8, 4) is 17.2 Å². The van der Waals surface area contributed by atoms with Crippen LogP contribution in [-0.2, 0) is 0 Å². The Hall–Kier alpha value is -6.10. The topological polar surface area (TPSA) is 30.7 Å². The maximum Gasteiger partial charge on any atom is 0.236 e. The lowest BCUT2D eigenvalue weighted by Gasteiger charge is -2.14. The molecule has 0 aliphatic rings. The summed E-state index contributed by atoms with van der Waals surface area (Å²) in [4.78, 5) is 12.0. The average molecular weight is 628 g/mol. The zero-order valence-electron chi connectivity index (χ0n) is 25.7. The van der Waals surface area contributed by atoms with Gasteiger partial charge in [-0.2, -0.15) is 0 Å². The third-order valence-electron chi connectivity index (χ3n) is 9.95. The van der Waals surface area contributed by atoms with E-state index in [4.69, 9.17) is 9.97 Å². The minimum absolute atomic E-state index is 0.687. The zero-order valence-corrected chi connectivity index (χ0v) is 26.5. The highest BCUT2D eigenvalue weighted by Gasteiger charge is 2.22. The van der Waals surface area contributed by atoms with Gasteiger partial charge in [-0.25, -0.2) is 9.97 Å². The van der Waals surface area contributed by atoms with Crippen LogP contribution in [0.1, 0.15) is 0 Å². The van der Waals surface area contributed by atoms with Crippen LogP contribution >= 0.6 is 11.3 Å².